The van der Waals surface area contributed by atoms with Crippen molar-refractivity contribution in [3.8, 4) is 0 Å². The zero-order chi connectivity index (χ0) is 20.5. The van der Waals surface area contributed by atoms with Crippen molar-refractivity contribution in [1.29, 1.82) is 5.41 Å². The van der Waals surface area contributed by atoms with E-state index in [0.717, 1.165) is 45.5 Å². The van der Waals surface area contributed by atoms with Crippen LogP contribution in [0.5, 0.6) is 0 Å². The number of benzene rings is 1. The van der Waals surface area contributed by atoms with E-state index in [9.17, 15) is 9.18 Å². The van der Waals surface area contributed by atoms with Crippen LogP contribution < -0.4 is 11.1 Å². The number of nitrogens with two attached hydrogens (primary N) is 1. The highest BCUT2D eigenvalue weighted by Gasteiger charge is 2.25. The van der Waals surface area contributed by atoms with Gasteiger partial charge in [-0.05, 0) is 50.9 Å². The summed E-state index contributed by atoms with van der Waals surface area (Å²) in [6.07, 6.45) is 2.88. The van der Waals surface area contributed by atoms with E-state index in [4.69, 9.17) is 15.9 Å². The standard InChI is InChI=1S/C20H30FN5O2/c1-3-16(22)18-15(21)6-4-7-17(18)24-20(23)25-19(27)14-8-11-26(12-9-14)10-5-13-28-2/h4,6-7,14,22H,3,5,8-13H2,1-2H3,(H3,23,24,25,27). The van der Waals surface area contributed by atoms with Gasteiger partial charge in [0.15, 0.2) is 0 Å². The molecule has 1 heterocycles. The Bertz CT molecular complexity index is 715. The third-order valence-corrected chi connectivity index (χ3v) is 4.92. The summed E-state index contributed by atoms with van der Waals surface area (Å²) in [6, 6.07) is 4.38. The number of guanidine groups is 1. The number of rotatable bonds is 8. The number of amides is 1. The van der Waals surface area contributed by atoms with Crippen LogP contribution in [0.15, 0.2) is 23.2 Å². The summed E-state index contributed by atoms with van der Waals surface area (Å²) in [5, 5.41) is 10.6. The largest absolute Gasteiger partial charge is 0.385 e. The van der Waals surface area contributed by atoms with Crippen LogP contribution in [0.1, 0.15) is 38.2 Å². The highest BCUT2D eigenvalue weighted by molar-refractivity contribution is 6.04. The Morgan fingerprint density at radius 3 is 2.79 bits per heavy atom. The second-order valence-electron chi connectivity index (χ2n) is 6.91. The van der Waals surface area contributed by atoms with E-state index in [0.29, 0.717) is 6.42 Å². The fraction of sp³-hybridized carbons (Fsp3) is 0.550. The molecule has 0 saturated carbocycles. The van der Waals surface area contributed by atoms with Gasteiger partial charge in [0.1, 0.15) is 5.82 Å². The average Bonchev–Trinajstić information content (AvgIpc) is 2.68. The Morgan fingerprint density at radius 2 is 2.14 bits per heavy atom. The van der Waals surface area contributed by atoms with Gasteiger partial charge in [-0.25, -0.2) is 9.38 Å². The monoisotopic (exact) mass is 391 g/mol. The summed E-state index contributed by atoms with van der Waals surface area (Å²) < 4.78 is 19.2. The number of carbonyl (C=O) groups excluding carboxylic acids is 1. The number of nitrogens with zero attached hydrogens (tertiary/aromatic N) is 2. The van der Waals surface area contributed by atoms with Crippen LogP contribution in [0.4, 0.5) is 10.1 Å². The molecule has 0 unspecified atom stereocenters. The van der Waals surface area contributed by atoms with Crippen molar-refractivity contribution in [2.24, 2.45) is 16.6 Å². The summed E-state index contributed by atoms with van der Waals surface area (Å²) in [6.45, 7) is 5.21. The Balaban J connectivity index is 1.95. The van der Waals surface area contributed by atoms with E-state index in [-0.39, 0.29) is 34.7 Å². The highest BCUT2D eigenvalue weighted by atomic mass is 19.1. The summed E-state index contributed by atoms with van der Waals surface area (Å²) in [4.78, 5) is 19.0. The number of hydrogen-bond acceptors (Lipinski definition) is 5. The van der Waals surface area contributed by atoms with Gasteiger partial charge < -0.3 is 20.8 Å². The molecular formula is C20H30FN5O2. The first-order valence-electron chi connectivity index (χ1n) is 9.68. The number of ether oxygens (including phenoxy) is 1. The first kappa shape index (κ1) is 22.0. The van der Waals surface area contributed by atoms with Crippen LogP contribution in [0.3, 0.4) is 0 Å². The second-order valence-corrected chi connectivity index (χ2v) is 6.91. The summed E-state index contributed by atoms with van der Waals surface area (Å²) in [5.74, 6) is -0.883. The van der Waals surface area contributed by atoms with Crippen molar-refractivity contribution in [2.75, 3.05) is 33.4 Å². The number of piperidine rings is 1. The summed E-state index contributed by atoms with van der Waals surface area (Å²) >= 11 is 0. The molecule has 154 valence electrons. The Labute approximate surface area is 165 Å². The van der Waals surface area contributed by atoms with Crippen LogP contribution >= 0.6 is 0 Å². The molecular weight excluding hydrogens is 361 g/mol. The van der Waals surface area contributed by atoms with Gasteiger partial charge in [0.2, 0.25) is 11.9 Å². The molecule has 2 rings (SSSR count). The third kappa shape index (κ3) is 6.10. The van der Waals surface area contributed by atoms with Crippen molar-refractivity contribution in [3.05, 3.63) is 29.6 Å². The fourth-order valence-corrected chi connectivity index (χ4v) is 3.32. The van der Waals surface area contributed by atoms with Crippen molar-refractivity contribution in [3.63, 3.8) is 0 Å². The quantitative estimate of drug-likeness (QED) is 0.360. The zero-order valence-corrected chi connectivity index (χ0v) is 16.6. The van der Waals surface area contributed by atoms with Gasteiger partial charge in [0.25, 0.3) is 0 Å². The minimum absolute atomic E-state index is 0.0803. The predicted molar refractivity (Wildman–Crippen MR) is 109 cm³/mol. The molecule has 7 nitrogen and oxygen atoms in total. The van der Waals surface area contributed by atoms with E-state index >= 15 is 0 Å². The molecule has 1 amide bonds. The van der Waals surface area contributed by atoms with Crippen molar-refractivity contribution in [2.45, 2.75) is 32.6 Å². The number of methoxy groups -OCH3 is 1. The molecule has 0 bridgehead atoms. The molecule has 1 aliphatic rings. The van der Waals surface area contributed by atoms with Crippen LogP contribution in [0.2, 0.25) is 0 Å². The lowest BCUT2D eigenvalue weighted by molar-refractivity contribution is -0.125. The van der Waals surface area contributed by atoms with Crippen molar-refractivity contribution >= 4 is 23.3 Å². The third-order valence-electron chi connectivity index (χ3n) is 4.92. The van der Waals surface area contributed by atoms with E-state index < -0.39 is 5.82 Å². The van der Waals surface area contributed by atoms with Crippen molar-refractivity contribution < 1.29 is 13.9 Å². The van der Waals surface area contributed by atoms with Gasteiger partial charge in [-0.2, -0.15) is 0 Å². The number of nitrogens with one attached hydrogen (secondary N) is 2. The molecule has 0 radical (unpaired) electrons. The van der Waals surface area contributed by atoms with Gasteiger partial charge in [0.05, 0.1) is 11.3 Å². The molecule has 0 aliphatic carbocycles. The number of halogens is 1. The van der Waals surface area contributed by atoms with Crippen molar-refractivity contribution in [1.82, 2.24) is 10.2 Å². The van der Waals surface area contributed by atoms with E-state index in [2.05, 4.69) is 15.2 Å². The number of aliphatic imine (C=N–C) groups is 1. The van der Waals surface area contributed by atoms with E-state index in [1.807, 2.05) is 0 Å². The second kappa shape index (κ2) is 10.9. The smallest absolute Gasteiger partial charge is 0.229 e. The lowest BCUT2D eigenvalue weighted by atomic mass is 9.96. The molecule has 0 spiro atoms. The molecule has 1 fully saturated rings. The molecule has 0 aromatic heterocycles. The van der Waals surface area contributed by atoms with Crippen LogP contribution in [-0.4, -0.2) is 55.8 Å². The van der Waals surface area contributed by atoms with Gasteiger partial charge in [0, 0.05) is 31.9 Å². The molecule has 4 N–H and O–H groups in total. The normalized spacial score (nSPS) is 16.2. The first-order valence-corrected chi connectivity index (χ1v) is 9.68. The van der Waals surface area contributed by atoms with Crippen LogP contribution in [-0.2, 0) is 9.53 Å². The Hall–Kier alpha value is -2.32. The van der Waals surface area contributed by atoms with Gasteiger partial charge in [-0.1, -0.05) is 13.0 Å². The predicted octanol–water partition coefficient (Wildman–Crippen LogP) is 2.41. The molecule has 28 heavy (non-hydrogen) atoms. The Kier molecular flexibility index (Phi) is 8.53. The summed E-state index contributed by atoms with van der Waals surface area (Å²) in [7, 11) is 1.69. The SMILES string of the molecule is CCC(=N)c1c(F)cccc1N=C(N)NC(=O)C1CCN(CCCOC)CC1. The maximum Gasteiger partial charge on any atom is 0.229 e. The average molecular weight is 391 g/mol. The van der Waals surface area contributed by atoms with Crippen LogP contribution in [0, 0.1) is 17.1 Å². The minimum atomic E-state index is -0.520. The number of likely N-dealkylation sites (tertiary alicyclic amines) is 1. The fourth-order valence-electron chi connectivity index (χ4n) is 3.32. The topological polar surface area (TPSA) is 104 Å². The van der Waals surface area contributed by atoms with Gasteiger partial charge in [-0.3, -0.25) is 10.1 Å². The summed E-state index contributed by atoms with van der Waals surface area (Å²) in [5.41, 5.74) is 6.38. The minimum Gasteiger partial charge on any atom is -0.385 e. The van der Waals surface area contributed by atoms with E-state index in [1.165, 1.54) is 12.1 Å². The molecule has 1 aliphatic heterocycles. The maximum atomic E-state index is 14.1. The van der Waals surface area contributed by atoms with Gasteiger partial charge >= 0.3 is 0 Å². The molecule has 1 aromatic rings. The number of hydrogen-bond donors (Lipinski definition) is 3. The maximum absolute atomic E-state index is 14.1. The Morgan fingerprint density at radius 1 is 1.43 bits per heavy atom. The molecule has 1 saturated heterocycles. The first-order chi connectivity index (χ1) is 13.5. The van der Waals surface area contributed by atoms with Gasteiger partial charge in [-0.15, -0.1) is 0 Å². The lowest BCUT2D eigenvalue weighted by Crippen LogP contribution is -2.44. The number of carbonyl (C=O) groups is 1. The van der Waals surface area contributed by atoms with E-state index in [1.54, 1.807) is 20.1 Å². The lowest BCUT2D eigenvalue weighted by Gasteiger charge is -2.31. The zero-order valence-electron chi connectivity index (χ0n) is 16.6. The van der Waals surface area contributed by atoms with Crippen LogP contribution in [0.25, 0.3) is 0 Å². The molecule has 8 heteroatoms. The molecule has 0 atom stereocenters. The molecule has 1 aromatic carbocycles. The highest BCUT2D eigenvalue weighted by Crippen LogP contribution is 2.23.